The fourth-order valence-electron chi connectivity index (χ4n) is 1.61. The Morgan fingerprint density at radius 2 is 2.06 bits per heavy atom. The molecule has 1 atom stereocenters. The first-order chi connectivity index (χ1) is 7.43. The molecule has 90 valence electrons. The first kappa shape index (κ1) is 13.0. The maximum absolute atomic E-state index is 11.4. The van der Waals surface area contributed by atoms with Crippen LogP contribution in [0.25, 0.3) is 0 Å². The zero-order valence-corrected chi connectivity index (χ0v) is 10.8. The summed E-state index contributed by atoms with van der Waals surface area (Å²) in [5.74, 6) is 0. The van der Waals surface area contributed by atoms with Crippen LogP contribution in [0.5, 0.6) is 0 Å². The van der Waals surface area contributed by atoms with Crippen LogP contribution >= 0.6 is 0 Å². The highest BCUT2D eigenvalue weighted by Crippen LogP contribution is 2.16. The van der Waals surface area contributed by atoms with Gasteiger partial charge in [-0.1, -0.05) is 19.4 Å². The van der Waals surface area contributed by atoms with Crippen LogP contribution in [0, 0.1) is 0 Å². The standard InChI is InChI=1S/C12H19NO2S/c1-4-6-10(2)13-11-7-5-8-12(9-11)16(3,14)15/h5,7-10,13H,4,6H2,1-3H3. The highest BCUT2D eigenvalue weighted by Gasteiger charge is 2.08. The molecule has 0 bridgehead atoms. The first-order valence-corrected chi connectivity index (χ1v) is 7.39. The van der Waals surface area contributed by atoms with Crippen LogP contribution in [-0.4, -0.2) is 20.7 Å². The van der Waals surface area contributed by atoms with E-state index in [4.69, 9.17) is 0 Å². The van der Waals surface area contributed by atoms with Crippen LogP contribution < -0.4 is 5.32 Å². The van der Waals surface area contributed by atoms with Crippen LogP contribution in [0.1, 0.15) is 26.7 Å². The second-order valence-electron chi connectivity index (χ2n) is 4.13. The van der Waals surface area contributed by atoms with Gasteiger partial charge in [-0.05, 0) is 31.5 Å². The van der Waals surface area contributed by atoms with Gasteiger partial charge in [0.2, 0.25) is 0 Å². The molecule has 1 unspecified atom stereocenters. The fraction of sp³-hybridized carbons (Fsp3) is 0.500. The minimum absolute atomic E-state index is 0.361. The Morgan fingerprint density at radius 3 is 2.62 bits per heavy atom. The maximum Gasteiger partial charge on any atom is 0.175 e. The van der Waals surface area contributed by atoms with E-state index in [1.165, 1.54) is 6.26 Å². The van der Waals surface area contributed by atoms with E-state index in [0.717, 1.165) is 18.5 Å². The fourth-order valence-corrected chi connectivity index (χ4v) is 2.27. The Morgan fingerprint density at radius 1 is 1.38 bits per heavy atom. The summed E-state index contributed by atoms with van der Waals surface area (Å²) in [4.78, 5) is 0.362. The van der Waals surface area contributed by atoms with Gasteiger partial charge >= 0.3 is 0 Å². The van der Waals surface area contributed by atoms with Gasteiger partial charge < -0.3 is 5.32 Å². The van der Waals surface area contributed by atoms with E-state index in [9.17, 15) is 8.42 Å². The van der Waals surface area contributed by atoms with E-state index in [1.807, 2.05) is 6.07 Å². The lowest BCUT2D eigenvalue weighted by atomic mass is 10.2. The van der Waals surface area contributed by atoms with Crippen molar-refractivity contribution in [2.45, 2.75) is 37.6 Å². The van der Waals surface area contributed by atoms with Crippen molar-refractivity contribution >= 4 is 15.5 Å². The Bertz CT molecular complexity index is 440. The number of benzene rings is 1. The lowest BCUT2D eigenvalue weighted by Crippen LogP contribution is -2.14. The number of sulfone groups is 1. The summed E-state index contributed by atoms with van der Waals surface area (Å²) in [5.41, 5.74) is 0.865. The molecule has 0 saturated carbocycles. The van der Waals surface area contributed by atoms with E-state index in [1.54, 1.807) is 18.2 Å². The zero-order chi connectivity index (χ0) is 12.2. The second kappa shape index (κ2) is 5.34. The third-order valence-electron chi connectivity index (χ3n) is 2.40. The summed E-state index contributed by atoms with van der Waals surface area (Å²) in [6.07, 6.45) is 3.41. The minimum Gasteiger partial charge on any atom is -0.383 e. The molecule has 3 nitrogen and oxygen atoms in total. The molecule has 0 fully saturated rings. The van der Waals surface area contributed by atoms with E-state index in [0.29, 0.717) is 10.9 Å². The largest absolute Gasteiger partial charge is 0.383 e. The quantitative estimate of drug-likeness (QED) is 0.862. The molecule has 4 heteroatoms. The van der Waals surface area contributed by atoms with Crippen LogP contribution in [0.15, 0.2) is 29.2 Å². The highest BCUT2D eigenvalue weighted by molar-refractivity contribution is 7.90. The lowest BCUT2D eigenvalue weighted by Gasteiger charge is -2.14. The Kier molecular flexibility index (Phi) is 4.35. The number of rotatable bonds is 5. The van der Waals surface area contributed by atoms with Crippen LogP contribution in [-0.2, 0) is 9.84 Å². The topological polar surface area (TPSA) is 46.2 Å². The van der Waals surface area contributed by atoms with Gasteiger partial charge in [0.15, 0.2) is 9.84 Å². The van der Waals surface area contributed by atoms with Crippen LogP contribution in [0.4, 0.5) is 5.69 Å². The Hall–Kier alpha value is -1.03. The van der Waals surface area contributed by atoms with Gasteiger partial charge in [0, 0.05) is 18.0 Å². The zero-order valence-electron chi connectivity index (χ0n) is 10.0. The number of hydrogen-bond acceptors (Lipinski definition) is 3. The molecule has 0 aliphatic heterocycles. The average Bonchev–Trinajstić information content (AvgIpc) is 2.17. The molecule has 1 aromatic carbocycles. The van der Waals surface area contributed by atoms with Crippen molar-refractivity contribution in [3.8, 4) is 0 Å². The highest BCUT2D eigenvalue weighted by atomic mass is 32.2. The van der Waals surface area contributed by atoms with Gasteiger partial charge in [-0.15, -0.1) is 0 Å². The molecule has 0 amide bonds. The number of anilines is 1. The van der Waals surface area contributed by atoms with Crippen molar-refractivity contribution in [3.63, 3.8) is 0 Å². The molecule has 1 rings (SSSR count). The molecule has 1 N–H and O–H groups in total. The van der Waals surface area contributed by atoms with Gasteiger partial charge in [-0.2, -0.15) is 0 Å². The SMILES string of the molecule is CCCC(C)Nc1cccc(S(C)(=O)=O)c1. The summed E-state index contributed by atoms with van der Waals surface area (Å²) in [5, 5.41) is 3.29. The molecule has 0 heterocycles. The van der Waals surface area contributed by atoms with Crippen molar-refractivity contribution in [2.24, 2.45) is 0 Å². The van der Waals surface area contributed by atoms with Crippen molar-refractivity contribution in [3.05, 3.63) is 24.3 Å². The molecule has 0 spiro atoms. The average molecular weight is 241 g/mol. The second-order valence-corrected chi connectivity index (χ2v) is 6.15. The molecule has 0 aliphatic carbocycles. The van der Waals surface area contributed by atoms with Crippen LogP contribution in [0.3, 0.4) is 0 Å². The third kappa shape index (κ3) is 3.85. The van der Waals surface area contributed by atoms with Gasteiger partial charge in [0.25, 0.3) is 0 Å². The predicted molar refractivity (Wildman–Crippen MR) is 67.5 cm³/mol. The molecule has 0 aliphatic rings. The summed E-state index contributed by atoms with van der Waals surface area (Å²) >= 11 is 0. The number of hydrogen-bond donors (Lipinski definition) is 1. The molecular weight excluding hydrogens is 222 g/mol. The first-order valence-electron chi connectivity index (χ1n) is 5.50. The smallest absolute Gasteiger partial charge is 0.175 e. The molecular formula is C12H19NO2S. The molecule has 0 saturated heterocycles. The molecule has 1 aromatic rings. The van der Waals surface area contributed by atoms with E-state index < -0.39 is 9.84 Å². The Balaban J connectivity index is 2.83. The summed E-state index contributed by atoms with van der Waals surface area (Å²) in [7, 11) is -3.11. The Labute approximate surface area is 97.8 Å². The van der Waals surface area contributed by atoms with Gasteiger partial charge in [0.1, 0.15) is 0 Å². The van der Waals surface area contributed by atoms with Gasteiger partial charge in [-0.25, -0.2) is 8.42 Å². The van der Waals surface area contributed by atoms with Gasteiger partial charge in [-0.3, -0.25) is 0 Å². The molecule has 16 heavy (non-hydrogen) atoms. The van der Waals surface area contributed by atoms with Crippen molar-refractivity contribution in [1.29, 1.82) is 0 Å². The number of nitrogens with one attached hydrogen (secondary N) is 1. The predicted octanol–water partition coefficient (Wildman–Crippen LogP) is 2.69. The molecule has 0 radical (unpaired) electrons. The summed E-state index contributed by atoms with van der Waals surface area (Å²) < 4.78 is 22.7. The minimum atomic E-state index is -3.11. The monoisotopic (exact) mass is 241 g/mol. The molecule has 0 aromatic heterocycles. The normalized spacial score (nSPS) is 13.4. The van der Waals surface area contributed by atoms with Crippen LogP contribution in [0.2, 0.25) is 0 Å². The van der Waals surface area contributed by atoms with E-state index in [2.05, 4.69) is 19.2 Å². The third-order valence-corrected chi connectivity index (χ3v) is 3.51. The summed E-state index contributed by atoms with van der Waals surface area (Å²) in [6.45, 7) is 4.22. The van der Waals surface area contributed by atoms with E-state index in [-0.39, 0.29) is 0 Å². The van der Waals surface area contributed by atoms with Crippen molar-refractivity contribution in [1.82, 2.24) is 0 Å². The lowest BCUT2D eigenvalue weighted by molar-refractivity contribution is 0.602. The van der Waals surface area contributed by atoms with Crippen molar-refractivity contribution in [2.75, 3.05) is 11.6 Å². The van der Waals surface area contributed by atoms with E-state index >= 15 is 0 Å². The van der Waals surface area contributed by atoms with Gasteiger partial charge in [0.05, 0.1) is 4.90 Å². The van der Waals surface area contributed by atoms with Crippen molar-refractivity contribution < 1.29 is 8.42 Å². The maximum atomic E-state index is 11.4. The summed E-state index contributed by atoms with van der Waals surface area (Å²) in [6, 6.07) is 7.31.